The van der Waals surface area contributed by atoms with Crippen molar-refractivity contribution in [3.63, 3.8) is 0 Å². The Morgan fingerprint density at radius 2 is 1.47 bits per heavy atom. The Morgan fingerprint density at radius 3 is 2.11 bits per heavy atom. The highest BCUT2D eigenvalue weighted by molar-refractivity contribution is 8.15. The molecule has 4 nitrogen and oxygen atoms in total. The molecule has 10 rings (SSSR count). The minimum atomic E-state index is -0.239. The van der Waals surface area contributed by atoms with Crippen molar-refractivity contribution in [2.75, 3.05) is 7.11 Å². The maximum absolute atomic E-state index is 12.0. The second-order valence-corrected chi connectivity index (χ2v) is 13.0. The lowest BCUT2D eigenvalue weighted by Crippen LogP contribution is -2.50. The third-order valence-corrected chi connectivity index (χ3v) is 10.9. The van der Waals surface area contributed by atoms with Gasteiger partial charge in [-0.3, -0.25) is 14.5 Å². The second kappa shape index (κ2) is 7.38. The number of ether oxygens (including phenoxy) is 1. The van der Waals surface area contributed by atoms with Gasteiger partial charge in [0.2, 0.25) is 5.91 Å². The molecule has 0 aromatic heterocycles. The van der Waals surface area contributed by atoms with Gasteiger partial charge in [0.25, 0.3) is 5.24 Å². The highest BCUT2D eigenvalue weighted by Gasteiger charge is 2.60. The van der Waals surface area contributed by atoms with Gasteiger partial charge in [-0.1, -0.05) is 30.3 Å². The highest BCUT2D eigenvalue weighted by atomic mass is 32.2. The number of β-lactam (4-membered cyclic amide) rings is 1. The first kappa shape index (κ1) is 21.3. The van der Waals surface area contributed by atoms with Gasteiger partial charge in [-0.2, -0.15) is 0 Å². The fourth-order valence-corrected chi connectivity index (χ4v) is 9.80. The van der Waals surface area contributed by atoms with Crippen LogP contribution in [0.4, 0.5) is 4.79 Å². The van der Waals surface area contributed by atoms with Crippen LogP contribution in [0.15, 0.2) is 54.6 Å². The Balaban J connectivity index is 1.15. The van der Waals surface area contributed by atoms with E-state index in [1.165, 1.54) is 65.5 Å². The van der Waals surface area contributed by atoms with Gasteiger partial charge >= 0.3 is 0 Å². The quantitative estimate of drug-likeness (QED) is 0.362. The average Bonchev–Trinajstić information content (AvgIpc) is 3.39. The van der Waals surface area contributed by atoms with Crippen LogP contribution in [-0.4, -0.2) is 28.4 Å². The molecule has 6 bridgehead atoms. The van der Waals surface area contributed by atoms with Crippen LogP contribution in [-0.2, 0) is 10.2 Å². The number of hydrogen-bond acceptors (Lipinski definition) is 4. The van der Waals surface area contributed by atoms with E-state index in [0.717, 1.165) is 46.2 Å². The number of hydrogen-bond donors (Lipinski definition) is 0. The fourth-order valence-electron chi connectivity index (χ4n) is 8.64. The van der Waals surface area contributed by atoms with Gasteiger partial charge in [-0.25, -0.2) is 0 Å². The number of thioether (sulfide) groups is 1. The average molecular weight is 496 g/mol. The Bertz CT molecular complexity index is 1420. The van der Waals surface area contributed by atoms with Crippen molar-refractivity contribution in [3.05, 3.63) is 65.7 Å². The number of benzene rings is 3. The van der Waals surface area contributed by atoms with Crippen LogP contribution in [0.25, 0.3) is 21.9 Å². The number of amides is 2. The van der Waals surface area contributed by atoms with E-state index in [-0.39, 0.29) is 27.9 Å². The van der Waals surface area contributed by atoms with Crippen molar-refractivity contribution in [1.82, 2.24) is 4.90 Å². The third-order valence-electron chi connectivity index (χ3n) is 9.82. The molecule has 0 spiro atoms. The molecule has 2 atom stereocenters. The lowest BCUT2D eigenvalue weighted by Gasteiger charge is -2.57. The largest absolute Gasteiger partial charge is 0.496 e. The first-order chi connectivity index (χ1) is 17.5. The Labute approximate surface area is 215 Å². The first-order valence-electron chi connectivity index (χ1n) is 13.3. The van der Waals surface area contributed by atoms with E-state index in [4.69, 9.17) is 4.74 Å². The van der Waals surface area contributed by atoms with Crippen LogP contribution in [0, 0.1) is 17.8 Å². The van der Waals surface area contributed by atoms with Gasteiger partial charge in [0.05, 0.1) is 13.2 Å². The van der Waals surface area contributed by atoms with Crippen molar-refractivity contribution < 1.29 is 14.3 Å². The molecule has 3 saturated heterocycles. The van der Waals surface area contributed by atoms with Crippen molar-refractivity contribution >= 4 is 33.7 Å². The monoisotopic (exact) mass is 495 g/mol. The molecule has 5 heteroatoms. The van der Waals surface area contributed by atoms with Gasteiger partial charge in [0, 0.05) is 5.56 Å². The van der Waals surface area contributed by atoms with Gasteiger partial charge < -0.3 is 4.74 Å². The zero-order valence-corrected chi connectivity index (χ0v) is 21.2. The van der Waals surface area contributed by atoms with Crippen LogP contribution >= 0.6 is 11.8 Å². The molecule has 4 aliphatic carbocycles. The molecule has 3 heterocycles. The van der Waals surface area contributed by atoms with Crippen LogP contribution in [0.2, 0.25) is 0 Å². The summed E-state index contributed by atoms with van der Waals surface area (Å²) in [4.78, 5) is 25.5. The van der Waals surface area contributed by atoms with Crippen molar-refractivity contribution in [1.29, 1.82) is 0 Å². The maximum atomic E-state index is 12.0. The Morgan fingerprint density at radius 1 is 0.833 bits per heavy atom. The summed E-state index contributed by atoms with van der Waals surface area (Å²) < 4.78 is 5.93. The lowest BCUT2D eigenvalue weighted by atomic mass is 9.48. The molecule has 2 amide bonds. The number of nitrogens with zero attached hydrogens (tertiary/aromatic N) is 1. The van der Waals surface area contributed by atoms with Crippen LogP contribution in [0.1, 0.15) is 55.7 Å². The predicted octanol–water partition coefficient (Wildman–Crippen LogP) is 7.10. The summed E-state index contributed by atoms with van der Waals surface area (Å²) in [5, 5.41) is 1.97. The number of carbonyl (C=O) groups is 2. The summed E-state index contributed by atoms with van der Waals surface area (Å²) in [5.74, 6) is 3.69. The SMILES string of the molecule is COc1ccc(-c2ccc3cc(C4C5SC(=O)N4C5=O)ccc3c2)cc1C12CC3CC(CC(C3)C1)C2. The van der Waals surface area contributed by atoms with E-state index in [2.05, 4.69) is 54.6 Å². The van der Waals surface area contributed by atoms with Crippen LogP contribution in [0.3, 0.4) is 0 Å². The number of methoxy groups -OCH3 is 1. The van der Waals surface area contributed by atoms with Crippen LogP contribution < -0.4 is 4.74 Å². The zero-order chi connectivity index (χ0) is 24.2. The molecule has 182 valence electrons. The molecule has 3 aromatic carbocycles. The number of fused-ring (bicyclic) bond motifs is 2. The van der Waals surface area contributed by atoms with E-state index < -0.39 is 0 Å². The van der Waals surface area contributed by atoms with E-state index >= 15 is 0 Å². The van der Waals surface area contributed by atoms with E-state index in [1.54, 1.807) is 0 Å². The van der Waals surface area contributed by atoms with Gasteiger partial charge in [-0.05, 0) is 125 Å². The topological polar surface area (TPSA) is 46.6 Å². The molecule has 3 aromatic rings. The van der Waals surface area contributed by atoms with Crippen LogP contribution in [0.5, 0.6) is 5.75 Å². The molecular formula is C31H29NO3S. The summed E-state index contributed by atoms with van der Waals surface area (Å²) in [6, 6.07) is 19.7. The first-order valence-corrected chi connectivity index (χ1v) is 14.2. The molecule has 3 aliphatic heterocycles. The number of imide groups is 1. The van der Waals surface area contributed by atoms with Crippen molar-refractivity contribution in [3.8, 4) is 16.9 Å². The summed E-state index contributed by atoms with van der Waals surface area (Å²) in [6.07, 6.45) is 8.28. The van der Waals surface area contributed by atoms with Crippen molar-refractivity contribution in [2.24, 2.45) is 17.8 Å². The predicted molar refractivity (Wildman–Crippen MR) is 142 cm³/mol. The number of carbonyl (C=O) groups excluding carboxylic acids is 2. The molecule has 0 radical (unpaired) electrons. The summed E-state index contributed by atoms with van der Waals surface area (Å²) >= 11 is 1.16. The zero-order valence-electron chi connectivity index (χ0n) is 20.4. The third kappa shape index (κ3) is 2.89. The highest BCUT2D eigenvalue weighted by Crippen LogP contribution is 2.62. The minimum Gasteiger partial charge on any atom is -0.496 e. The Kier molecular flexibility index (Phi) is 4.37. The second-order valence-electron chi connectivity index (χ2n) is 11.9. The molecule has 0 N–H and O–H groups in total. The van der Waals surface area contributed by atoms with Gasteiger partial charge in [0.15, 0.2) is 0 Å². The van der Waals surface area contributed by atoms with Gasteiger partial charge in [-0.15, -0.1) is 0 Å². The number of rotatable bonds is 4. The van der Waals surface area contributed by atoms with Crippen molar-refractivity contribution in [2.45, 2.75) is 55.2 Å². The Hall–Kier alpha value is -2.79. The normalized spacial score (nSPS) is 33.9. The molecule has 7 fully saturated rings. The van der Waals surface area contributed by atoms with E-state index in [9.17, 15) is 9.59 Å². The standard InChI is InChI=1S/C31H29NO3S/c1-35-26-7-6-23(13-25(26)31-14-17-8-18(15-31)10-19(9-17)16-31)21-2-3-22-12-24(5-4-20(22)11-21)27-28-29(33)32(27)30(34)36-28/h2-7,11-13,17-19,27-28H,8-10,14-16H2,1H3. The van der Waals surface area contributed by atoms with E-state index in [1.807, 2.05) is 7.11 Å². The summed E-state index contributed by atoms with van der Waals surface area (Å²) in [7, 11) is 1.82. The smallest absolute Gasteiger partial charge is 0.289 e. The summed E-state index contributed by atoms with van der Waals surface area (Å²) in [5.41, 5.74) is 5.23. The molecular weight excluding hydrogens is 466 g/mol. The fraction of sp³-hybridized carbons (Fsp3) is 0.419. The minimum absolute atomic E-state index is 0.0419. The van der Waals surface area contributed by atoms with E-state index in [0.29, 0.717) is 0 Å². The molecule has 4 saturated carbocycles. The summed E-state index contributed by atoms with van der Waals surface area (Å²) in [6.45, 7) is 0. The maximum Gasteiger partial charge on any atom is 0.289 e. The molecule has 2 unspecified atom stereocenters. The lowest BCUT2D eigenvalue weighted by molar-refractivity contribution is -0.137. The molecule has 7 aliphatic rings. The van der Waals surface area contributed by atoms with Gasteiger partial charge in [0.1, 0.15) is 11.0 Å². The molecule has 36 heavy (non-hydrogen) atoms.